The molecule has 0 saturated heterocycles. The molecule has 0 saturated carbocycles. The first-order valence-electron chi connectivity index (χ1n) is 4.36. The highest BCUT2D eigenvalue weighted by atomic mass is 32.1. The number of rotatable bonds is 5. The standard InChI is InChI=1S/C8H13NO5S/c10-4-8(3-9-1-2-15)6(12)5(11)7(13)14-8/h9-12,15H,1-4H2. The van der Waals surface area contributed by atoms with Crippen LogP contribution in [0, 0.1) is 0 Å². The lowest BCUT2D eigenvalue weighted by Gasteiger charge is -2.25. The first-order valence-corrected chi connectivity index (χ1v) is 4.99. The Balaban J connectivity index is 2.75. The fraction of sp³-hybridized carbons (Fsp3) is 0.625. The lowest BCUT2D eigenvalue weighted by molar-refractivity contribution is -0.153. The molecule has 4 N–H and O–H groups in total. The van der Waals surface area contributed by atoms with E-state index in [9.17, 15) is 9.90 Å². The first kappa shape index (κ1) is 12.2. The van der Waals surface area contributed by atoms with E-state index in [-0.39, 0.29) is 6.54 Å². The average Bonchev–Trinajstić information content (AvgIpc) is 2.44. The molecule has 1 heterocycles. The van der Waals surface area contributed by atoms with Gasteiger partial charge in [0.1, 0.15) is 0 Å². The molecule has 0 aromatic rings. The second kappa shape index (κ2) is 4.73. The number of aliphatic hydroxyl groups excluding tert-OH is 3. The Bertz CT molecular complexity index is 293. The van der Waals surface area contributed by atoms with Gasteiger partial charge in [0.05, 0.1) is 6.61 Å². The molecule has 7 heteroatoms. The molecule has 1 unspecified atom stereocenters. The number of ether oxygens (including phenoxy) is 1. The minimum Gasteiger partial charge on any atom is -0.505 e. The van der Waals surface area contributed by atoms with Crippen LogP contribution in [0.5, 0.6) is 0 Å². The predicted molar refractivity (Wildman–Crippen MR) is 54.9 cm³/mol. The van der Waals surface area contributed by atoms with Crippen molar-refractivity contribution in [2.75, 3.05) is 25.4 Å². The number of thiol groups is 1. The van der Waals surface area contributed by atoms with Crippen LogP contribution in [0.15, 0.2) is 11.5 Å². The molecule has 86 valence electrons. The van der Waals surface area contributed by atoms with Crippen LogP contribution in [0.1, 0.15) is 0 Å². The van der Waals surface area contributed by atoms with E-state index in [0.29, 0.717) is 12.3 Å². The highest BCUT2D eigenvalue weighted by molar-refractivity contribution is 7.80. The van der Waals surface area contributed by atoms with Gasteiger partial charge in [0.15, 0.2) is 5.76 Å². The van der Waals surface area contributed by atoms with Crippen molar-refractivity contribution in [2.45, 2.75) is 5.60 Å². The monoisotopic (exact) mass is 235 g/mol. The molecular formula is C8H13NO5S. The molecule has 0 amide bonds. The quantitative estimate of drug-likeness (QED) is 0.241. The van der Waals surface area contributed by atoms with Gasteiger partial charge in [0, 0.05) is 18.8 Å². The van der Waals surface area contributed by atoms with Crippen molar-refractivity contribution in [3.8, 4) is 0 Å². The number of nitrogens with one attached hydrogen (secondary N) is 1. The van der Waals surface area contributed by atoms with Crippen LogP contribution in [0.25, 0.3) is 0 Å². The van der Waals surface area contributed by atoms with E-state index < -0.39 is 29.7 Å². The summed E-state index contributed by atoms with van der Waals surface area (Å²) in [4.78, 5) is 10.9. The molecule has 6 nitrogen and oxygen atoms in total. The molecule has 1 aliphatic rings. The molecule has 0 fully saturated rings. The largest absolute Gasteiger partial charge is 0.505 e. The maximum absolute atomic E-state index is 10.9. The minimum atomic E-state index is -1.57. The van der Waals surface area contributed by atoms with Gasteiger partial charge in [-0.1, -0.05) is 0 Å². The van der Waals surface area contributed by atoms with Crippen molar-refractivity contribution >= 4 is 18.6 Å². The number of aliphatic hydroxyl groups is 3. The van der Waals surface area contributed by atoms with Gasteiger partial charge in [0.25, 0.3) is 0 Å². The van der Waals surface area contributed by atoms with Gasteiger partial charge >= 0.3 is 5.97 Å². The second-order valence-electron chi connectivity index (χ2n) is 3.14. The van der Waals surface area contributed by atoms with Crippen molar-refractivity contribution < 1.29 is 24.9 Å². The van der Waals surface area contributed by atoms with Crippen LogP contribution >= 0.6 is 12.6 Å². The molecule has 1 aliphatic heterocycles. The predicted octanol–water partition coefficient (Wildman–Crippen LogP) is -0.879. The molecule has 15 heavy (non-hydrogen) atoms. The summed E-state index contributed by atoms with van der Waals surface area (Å²) in [5, 5.41) is 30.4. The Kier molecular flexibility index (Phi) is 3.83. The third-order valence-corrected chi connectivity index (χ3v) is 2.32. The summed E-state index contributed by atoms with van der Waals surface area (Å²) < 4.78 is 4.72. The number of hydrogen-bond donors (Lipinski definition) is 5. The van der Waals surface area contributed by atoms with Gasteiger partial charge in [0.2, 0.25) is 11.4 Å². The van der Waals surface area contributed by atoms with Gasteiger partial charge in [-0.15, -0.1) is 0 Å². The molecule has 0 bridgehead atoms. The molecular weight excluding hydrogens is 222 g/mol. The van der Waals surface area contributed by atoms with Gasteiger partial charge < -0.3 is 25.4 Å². The third-order valence-electron chi connectivity index (χ3n) is 2.09. The number of carbonyl (C=O) groups is 1. The summed E-state index contributed by atoms with van der Waals surface area (Å²) in [6, 6.07) is 0. The van der Waals surface area contributed by atoms with Crippen LogP contribution in [0.3, 0.4) is 0 Å². The zero-order chi connectivity index (χ0) is 11.5. The molecule has 0 radical (unpaired) electrons. The van der Waals surface area contributed by atoms with Gasteiger partial charge in [-0.2, -0.15) is 12.6 Å². The summed E-state index contributed by atoms with van der Waals surface area (Å²) >= 11 is 3.96. The summed E-state index contributed by atoms with van der Waals surface area (Å²) in [6.07, 6.45) is 0. The Labute approximate surface area is 92.0 Å². The van der Waals surface area contributed by atoms with Crippen molar-refractivity contribution in [3.63, 3.8) is 0 Å². The van der Waals surface area contributed by atoms with E-state index >= 15 is 0 Å². The van der Waals surface area contributed by atoms with Crippen LogP contribution in [-0.4, -0.2) is 52.3 Å². The SMILES string of the molecule is O=C1OC(CO)(CNCCS)C(O)=C1O. The zero-order valence-corrected chi connectivity index (χ0v) is 8.83. The van der Waals surface area contributed by atoms with Crippen molar-refractivity contribution in [3.05, 3.63) is 11.5 Å². The van der Waals surface area contributed by atoms with Crippen molar-refractivity contribution in [1.82, 2.24) is 5.32 Å². The molecule has 1 atom stereocenters. The minimum absolute atomic E-state index is 0.0195. The number of carbonyl (C=O) groups excluding carboxylic acids is 1. The maximum atomic E-state index is 10.9. The maximum Gasteiger partial charge on any atom is 0.378 e. The van der Waals surface area contributed by atoms with E-state index in [1.54, 1.807) is 0 Å². The number of cyclic esters (lactones) is 1. The van der Waals surface area contributed by atoms with E-state index in [4.69, 9.17) is 14.9 Å². The Morgan fingerprint density at radius 1 is 1.47 bits per heavy atom. The fourth-order valence-corrected chi connectivity index (χ4v) is 1.40. The van der Waals surface area contributed by atoms with Crippen LogP contribution < -0.4 is 5.32 Å². The average molecular weight is 235 g/mol. The highest BCUT2D eigenvalue weighted by Gasteiger charge is 2.48. The Morgan fingerprint density at radius 3 is 2.53 bits per heavy atom. The van der Waals surface area contributed by atoms with Crippen molar-refractivity contribution in [1.29, 1.82) is 0 Å². The molecule has 0 aliphatic carbocycles. The zero-order valence-electron chi connectivity index (χ0n) is 7.93. The molecule has 0 spiro atoms. The van der Waals surface area contributed by atoms with Gasteiger partial charge in [-0.25, -0.2) is 4.79 Å². The van der Waals surface area contributed by atoms with Gasteiger partial charge in [-0.3, -0.25) is 0 Å². The Hall–Kier alpha value is -0.920. The second-order valence-corrected chi connectivity index (χ2v) is 3.59. The highest BCUT2D eigenvalue weighted by Crippen LogP contribution is 2.28. The van der Waals surface area contributed by atoms with Crippen LogP contribution in [0.4, 0.5) is 0 Å². The van der Waals surface area contributed by atoms with E-state index in [1.165, 1.54) is 0 Å². The van der Waals surface area contributed by atoms with E-state index in [2.05, 4.69) is 17.9 Å². The van der Waals surface area contributed by atoms with Crippen molar-refractivity contribution in [2.24, 2.45) is 0 Å². The third kappa shape index (κ3) is 2.19. The Morgan fingerprint density at radius 2 is 2.13 bits per heavy atom. The number of esters is 1. The molecule has 0 aromatic carbocycles. The van der Waals surface area contributed by atoms with Gasteiger partial charge in [-0.05, 0) is 0 Å². The lowest BCUT2D eigenvalue weighted by Crippen LogP contribution is -2.46. The van der Waals surface area contributed by atoms with Crippen LogP contribution in [-0.2, 0) is 9.53 Å². The summed E-state index contributed by atoms with van der Waals surface area (Å²) in [6.45, 7) is -0.0592. The summed E-state index contributed by atoms with van der Waals surface area (Å²) in [7, 11) is 0. The molecule has 0 aromatic heterocycles. The molecule has 1 rings (SSSR count). The fourth-order valence-electron chi connectivity index (χ4n) is 1.24. The smallest absolute Gasteiger partial charge is 0.378 e. The van der Waals surface area contributed by atoms with E-state index in [0.717, 1.165) is 0 Å². The topological polar surface area (TPSA) is 99.0 Å². The lowest BCUT2D eigenvalue weighted by atomic mass is 10.0. The normalized spacial score (nSPS) is 25.9. The van der Waals surface area contributed by atoms with E-state index in [1.807, 2.05) is 0 Å². The van der Waals surface area contributed by atoms with Crippen LogP contribution in [0.2, 0.25) is 0 Å². The first-order chi connectivity index (χ1) is 7.07. The number of hydrogen-bond acceptors (Lipinski definition) is 7. The summed E-state index contributed by atoms with van der Waals surface area (Å²) in [5.41, 5.74) is -1.57. The summed E-state index contributed by atoms with van der Waals surface area (Å²) in [5.74, 6) is -1.96.